The van der Waals surface area contributed by atoms with Gasteiger partial charge in [0.15, 0.2) is 6.29 Å². The van der Waals surface area contributed by atoms with Crippen LogP contribution in [0, 0.1) is 5.41 Å². The van der Waals surface area contributed by atoms with E-state index in [-0.39, 0.29) is 0 Å². The first-order valence-corrected chi connectivity index (χ1v) is 7.32. The molecule has 0 radical (unpaired) electrons. The maximum absolute atomic E-state index is 10.2. The van der Waals surface area contributed by atoms with Gasteiger partial charge < -0.3 is 21.0 Å². The maximum Gasteiger partial charge on any atom is 0.177 e. The highest BCUT2D eigenvalue weighted by Gasteiger charge is 2.21. The smallest absolute Gasteiger partial charge is 0.177 e. The molecule has 0 spiro atoms. The second-order valence-corrected chi connectivity index (χ2v) is 6.10. The molecule has 4 nitrogen and oxygen atoms in total. The summed E-state index contributed by atoms with van der Waals surface area (Å²) in [4.78, 5) is 0.694. The number of aliphatic hydroxyl groups excluding tert-OH is 1. The molecule has 0 aromatic heterocycles. The number of aliphatic hydroxyl groups is 1. The third-order valence-corrected chi connectivity index (χ3v) is 3.89. The molecule has 0 saturated carbocycles. The van der Waals surface area contributed by atoms with E-state index in [4.69, 9.17) is 15.9 Å². The molecule has 1 unspecified atom stereocenters. The fraction of sp³-hybridized carbons (Fsp3) is 0.438. The number of hydrogen-bond donors (Lipinski definition) is 4. The van der Waals surface area contributed by atoms with Crippen LogP contribution in [0.4, 0.5) is 5.69 Å². The van der Waals surface area contributed by atoms with Gasteiger partial charge in [-0.25, -0.2) is 0 Å². The van der Waals surface area contributed by atoms with Crippen LogP contribution < -0.4 is 5.73 Å². The standard InChI is InChI=1S/C16H24N2O2S/c1-5-16(3,4)20-15(19)10(2)8-12-13(21)7-6-11(9-17)14(12)18/h6-9,15,17,19,21H,5,18H2,1-4H3/b10-8+,17-9?. The number of hydrogen-bond acceptors (Lipinski definition) is 5. The molecule has 1 rings (SSSR count). The molecule has 0 heterocycles. The van der Waals surface area contributed by atoms with Crippen molar-refractivity contribution in [1.29, 1.82) is 5.41 Å². The first-order valence-electron chi connectivity index (χ1n) is 6.88. The van der Waals surface area contributed by atoms with Crippen LogP contribution in [0.3, 0.4) is 0 Å². The first-order chi connectivity index (χ1) is 9.71. The fourth-order valence-corrected chi connectivity index (χ4v) is 1.96. The summed E-state index contributed by atoms with van der Waals surface area (Å²) >= 11 is 4.38. The van der Waals surface area contributed by atoms with Crippen LogP contribution in [-0.4, -0.2) is 23.2 Å². The summed E-state index contributed by atoms with van der Waals surface area (Å²) < 4.78 is 5.63. The number of nitrogens with two attached hydrogens (primary N) is 1. The van der Waals surface area contributed by atoms with Crippen LogP contribution in [0.1, 0.15) is 45.2 Å². The van der Waals surface area contributed by atoms with Crippen molar-refractivity contribution in [2.24, 2.45) is 0 Å². The fourth-order valence-electron chi connectivity index (χ4n) is 1.70. The van der Waals surface area contributed by atoms with Gasteiger partial charge in [-0.1, -0.05) is 13.0 Å². The predicted molar refractivity (Wildman–Crippen MR) is 91.1 cm³/mol. The van der Waals surface area contributed by atoms with Gasteiger partial charge >= 0.3 is 0 Å². The zero-order valence-electron chi connectivity index (χ0n) is 13.0. The lowest BCUT2D eigenvalue weighted by molar-refractivity contribution is -0.152. The van der Waals surface area contributed by atoms with Crippen LogP contribution >= 0.6 is 12.6 Å². The van der Waals surface area contributed by atoms with Crippen LogP contribution in [0.25, 0.3) is 6.08 Å². The van der Waals surface area contributed by atoms with Crippen molar-refractivity contribution in [2.45, 2.75) is 50.9 Å². The normalized spacial score (nSPS) is 14.1. The molecule has 0 aliphatic heterocycles. The molecule has 1 aromatic rings. The number of thiol groups is 1. The van der Waals surface area contributed by atoms with Gasteiger partial charge in [0, 0.05) is 27.9 Å². The molecule has 0 saturated heterocycles. The zero-order valence-corrected chi connectivity index (χ0v) is 13.9. The van der Waals surface area contributed by atoms with Gasteiger partial charge in [0.25, 0.3) is 0 Å². The van der Waals surface area contributed by atoms with Crippen molar-refractivity contribution in [3.63, 3.8) is 0 Å². The highest BCUT2D eigenvalue weighted by molar-refractivity contribution is 7.80. The Kier molecular flexibility index (Phi) is 6.01. The molecule has 0 aliphatic carbocycles. The molecule has 116 valence electrons. The molecule has 0 fully saturated rings. The molecule has 5 heteroatoms. The summed E-state index contributed by atoms with van der Waals surface area (Å²) in [6.07, 6.45) is 2.74. The molecule has 0 bridgehead atoms. The Bertz CT molecular complexity index is 553. The van der Waals surface area contributed by atoms with E-state index < -0.39 is 11.9 Å². The van der Waals surface area contributed by atoms with Crippen molar-refractivity contribution in [1.82, 2.24) is 0 Å². The number of rotatable bonds is 6. The summed E-state index contributed by atoms with van der Waals surface area (Å²) in [5.41, 5.74) is 8.05. The van der Waals surface area contributed by atoms with E-state index in [1.807, 2.05) is 20.8 Å². The molecule has 1 atom stereocenters. The second-order valence-electron chi connectivity index (χ2n) is 5.62. The van der Waals surface area contributed by atoms with Crippen LogP contribution in [0.5, 0.6) is 0 Å². The van der Waals surface area contributed by atoms with E-state index in [1.54, 1.807) is 25.1 Å². The number of nitrogens with one attached hydrogen (secondary N) is 1. The van der Waals surface area contributed by atoms with Gasteiger partial charge in [0.2, 0.25) is 0 Å². The van der Waals surface area contributed by atoms with Crippen molar-refractivity contribution < 1.29 is 9.84 Å². The topological polar surface area (TPSA) is 79.3 Å². The SMILES string of the molecule is CCC(C)(C)OC(O)/C(C)=C/c1c(S)ccc(C=N)c1N. The van der Waals surface area contributed by atoms with Gasteiger partial charge in [-0.05, 0) is 44.9 Å². The summed E-state index contributed by atoms with van der Waals surface area (Å²) in [7, 11) is 0. The molecular weight excluding hydrogens is 284 g/mol. The van der Waals surface area contributed by atoms with Gasteiger partial charge in [-0.3, -0.25) is 0 Å². The Morgan fingerprint density at radius 3 is 2.67 bits per heavy atom. The van der Waals surface area contributed by atoms with E-state index in [2.05, 4.69) is 12.6 Å². The Labute approximate surface area is 131 Å². The Hall–Kier alpha value is -1.30. The minimum absolute atomic E-state index is 0.402. The summed E-state index contributed by atoms with van der Waals surface area (Å²) in [5, 5.41) is 17.5. The molecule has 0 aliphatic rings. The summed E-state index contributed by atoms with van der Waals surface area (Å²) in [6.45, 7) is 7.64. The quantitative estimate of drug-likeness (QED) is 0.281. The van der Waals surface area contributed by atoms with E-state index in [1.165, 1.54) is 6.21 Å². The number of benzene rings is 1. The van der Waals surface area contributed by atoms with Crippen molar-refractivity contribution in [2.75, 3.05) is 5.73 Å². The zero-order chi connectivity index (χ0) is 16.2. The van der Waals surface area contributed by atoms with Crippen LogP contribution in [0.15, 0.2) is 22.6 Å². The van der Waals surface area contributed by atoms with Crippen LogP contribution in [-0.2, 0) is 4.74 Å². The predicted octanol–water partition coefficient (Wildman–Crippen LogP) is 3.48. The molecule has 1 aromatic carbocycles. The van der Waals surface area contributed by atoms with Crippen molar-refractivity contribution in [3.8, 4) is 0 Å². The Morgan fingerprint density at radius 2 is 2.14 bits per heavy atom. The lowest BCUT2D eigenvalue weighted by Gasteiger charge is -2.27. The van der Waals surface area contributed by atoms with Crippen molar-refractivity contribution in [3.05, 3.63) is 28.8 Å². The van der Waals surface area contributed by atoms with E-state index in [9.17, 15) is 5.11 Å². The number of anilines is 1. The third-order valence-electron chi connectivity index (χ3n) is 3.50. The highest BCUT2D eigenvalue weighted by Crippen LogP contribution is 2.28. The van der Waals surface area contributed by atoms with Gasteiger partial charge in [-0.15, -0.1) is 12.6 Å². The minimum Gasteiger partial charge on any atom is -0.398 e. The third kappa shape index (κ3) is 4.59. The summed E-state index contributed by atoms with van der Waals surface area (Å²) in [5.74, 6) is 0. The monoisotopic (exact) mass is 308 g/mol. The number of nitrogen functional groups attached to an aromatic ring is 1. The molecular formula is C16H24N2O2S. The molecule has 4 N–H and O–H groups in total. The Morgan fingerprint density at radius 1 is 1.52 bits per heavy atom. The highest BCUT2D eigenvalue weighted by atomic mass is 32.1. The first kappa shape index (κ1) is 17.8. The minimum atomic E-state index is -1.00. The van der Waals surface area contributed by atoms with Crippen molar-refractivity contribution >= 4 is 30.6 Å². The van der Waals surface area contributed by atoms with Crippen LogP contribution in [0.2, 0.25) is 0 Å². The largest absolute Gasteiger partial charge is 0.398 e. The summed E-state index contributed by atoms with van der Waals surface area (Å²) in [6, 6.07) is 3.52. The maximum atomic E-state index is 10.2. The number of ether oxygens (including phenoxy) is 1. The Balaban J connectivity index is 3.10. The lowest BCUT2D eigenvalue weighted by Crippen LogP contribution is -2.30. The second kappa shape index (κ2) is 7.11. The average Bonchev–Trinajstić information content (AvgIpc) is 2.42. The van der Waals surface area contributed by atoms with Gasteiger partial charge in [-0.2, -0.15) is 0 Å². The van der Waals surface area contributed by atoms with E-state index in [0.717, 1.165) is 6.42 Å². The lowest BCUT2D eigenvalue weighted by atomic mass is 10.0. The molecule has 0 amide bonds. The van der Waals surface area contributed by atoms with E-state index >= 15 is 0 Å². The van der Waals surface area contributed by atoms with Gasteiger partial charge in [0.1, 0.15) is 0 Å². The van der Waals surface area contributed by atoms with Gasteiger partial charge in [0.05, 0.1) is 5.60 Å². The molecule has 21 heavy (non-hydrogen) atoms. The average molecular weight is 308 g/mol. The van der Waals surface area contributed by atoms with E-state index in [0.29, 0.717) is 27.3 Å².